The lowest BCUT2D eigenvalue weighted by Gasteiger charge is -2.34. The Bertz CT molecular complexity index is 585. The van der Waals surface area contributed by atoms with Crippen LogP contribution in [0, 0.1) is 0 Å². The zero-order valence-electron chi connectivity index (χ0n) is 12.5. The summed E-state index contributed by atoms with van der Waals surface area (Å²) >= 11 is 3.64. The number of aryl methyl sites for hydroxylation is 1. The summed E-state index contributed by atoms with van der Waals surface area (Å²) in [6.45, 7) is 6.69. The molecule has 2 aromatic rings. The van der Waals surface area contributed by atoms with Gasteiger partial charge in [-0.25, -0.2) is 0 Å². The molecule has 112 valence electrons. The second-order valence-corrected chi connectivity index (χ2v) is 6.61. The molecule has 1 fully saturated rings. The van der Waals surface area contributed by atoms with Crippen LogP contribution in [0.15, 0.2) is 47.1 Å². The molecule has 1 aliphatic heterocycles. The van der Waals surface area contributed by atoms with Gasteiger partial charge in [0.25, 0.3) is 0 Å². The first kappa shape index (κ1) is 14.8. The molecule has 0 bridgehead atoms. The van der Waals surface area contributed by atoms with E-state index in [0.717, 1.165) is 39.3 Å². The minimum atomic E-state index is 1.04. The van der Waals surface area contributed by atoms with Crippen LogP contribution >= 0.6 is 15.9 Å². The smallest absolute Gasteiger partial charge is 0.0388 e. The first-order valence-electron chi connectivity index (χ1n) is 7.51. The van der Waals surface area contributed by atoms with E-state index >= 15 is 0 Å². The van der Waals surface area contributed by atoms with Crippen molar-refractivity contribution in [2.75, 3.05) is 26.2 Å². The van der Waals surface area contributed by atoms with Gasteiger partial charge in [-0.2, -0.15) is 0 Å². The van der Waals surface area contributed by atoms with E-state index in [1.165, 1.54) is 15.7 Å². The average molecular weight is 348 g/mol. The van der Waals surface area contributed by atoms with Crippen molar-refractivity contribution in [1.82, 2.24) is 14.4 Å². The molecule has 0 spiro atoms. The van der Waals surface area contributed by atoms with E-state index in [9.17, 15) is 0 Å². The van der Waals surface area contributed by atoms with E-state index in [4.69, 9.17) is 0 Å². The topological polar surface area (TPSA) is 11.4 Å². The molecular weight excluding hydrogens is 326 g/mol. The van der Waals surface area contributed by atoms with Gasteiger partial charge >= 0.3 is 0 Å². The van der Waals surface area contributed by atoms with Crippen LogP contribution < -0.4 is 0 Å². The number of aromatic nitrogens is 1. The molecule has 0 unspecified atom stereocenters. The summed E-state index contributed by atoms with van der Waals surface area (Å²) in [5.41, 5.74) is 2.78. The van der Waals surface area contributed by atoms with E-state index < -0.39 is 0 Å². The first-order valence-corrected chi connectivity index (χ1v) is 8.30. The Morgan fingerprint density at radius 1 is 0.905 bits per heavy atom. The van der Waals surface area contributed by atoms with Crippen LogP contribution in [0.2, 0.25) is 0 Å². The monoisotopic (exact) mass is 347 g/mol. The first-order chi connectivity index (χ1) is 10.2. The van der Waals surface area contributed by atoms with E-state index in [-0.39, 0.29) is 0 Å². The van der Waals surface area contributed by atoms with Crippen molar-refractivity contribution in [1.29, 1.82) is 0 Å². The van der Waals surface area contributed by atoms with Crippen LogP contribution in [-0.2, 0) is 20.1 Å². The molecule has 0 amide bonds. The fourth-order valence-corrected chi connectivity index (χ4v) is 3.27. The lowest BCUT2D eigenvalue weighted by atomic mass is 10.2. The van der Waals surface area contributed by atoms with E-state index in [1.807, 2.05) is 0 Å². The molecule has 1 aromatic heterocycles. The zero-order chi connectivity index (χ0) is 14.7. The Morgan fingerprint density at radius 3 is 2.19 bits per heavy atom. The number of benzene rings is 1. The zero-order valence-corrected chi connectivity index (χ0v) is 14.1. The fraction of sp³-hybridized carbons (Fsp3) is 0.412. The molecule has 1 aliphatic rings. The van der Waals surface area contributed by atoms with Gasteiger partial charge in [-0.3, -0.25) is 9.80 Å². The number of hydrogen-bond donors (Lipinski definition) is 0. The molecule has 0 N–H and O–H groups in total. The highest BCUT2D eigenvalue weighted by molar-refractivity contribution is 9.10. The van der Waals surface area contributed by atoms with Crippen molar-refractivity contribution >= 4 is 15.9 Å². The van der Waals surface area contributed by atoms with Crippen LogP contribution in [0.4, 0.5) is 0 Å². The van der Waals surface area contributed by atoms with Crippen molar-refractivity contribution in [3.05, 3.63) is 58.3 Å². The average Bonchev–Trinajstić information content (AvgIpc) is 2.89. The maximum Gasteiger partial charge on any atom is 0.0388 e. The molecule has 1 saturated heterocycles. The van der Waals surface area contributed by atoms with Gasteiger partial charge < -0.3 is 4.57 Å². The Labute approximate surface area is 135 Å². The lowest BCUT2D eigenvalue weighted by molar-refractivity contribution is 0.120. The van der Waals surface area contributed by atoms with E-state index in [1.54, 1.807) is 0 Å². The molecule has 0 atom stereocenters. The predicted octanol–water partition coefficient (Wildman–Crippen LogP) is 3.11. The van der Waals surface area contributed by atoms with E-state index in [2.05, 4.69) is 79.9 Å². The van der Waals surface area contributed by atoms with Crippen molar-refractivity contribution in [3.8, 4) is 0 Å². The third-order valence-electron chi connectivity index (χ3n) is 4.25. The van der Waals surface area contributed by atoms with Crippen molar-refractivity contribution < 1.29 is 0 Å². The molecule has 0 radical (unpaired) electrons. The summed E-state index contributed by atoms with van der Waals surface area (Å²) in [7, 11) is 2.12. The second-order valence-electron chi connectivity index (χ2n) is 5.75. The fourth-order valence-electron chi connectivity index (χ4n) is 2.86. The summed E-state index contributed by atoms with van der Waals surface area (Å²) in [5, 5.41) is 0. The number of nitrogens with zero attached hydrogens (tertiary/aromatic N) is 3. The van der Waals surface area contributed by atoms with Crippen LogP contribution in [0.1, 0.15) is 11.3 Å². The molecule has 0 aliphatic carbocycles. The van der Waals surface area contributed by atoms with Gasteiger partial charge in [0.15, 0.2) is 0 Å². The van der Waals surface area contributed by atoms with Gasteiger partial charge in [-0.15, -0.1) is 0 Å². The molecular formula is C17H22BrN3. The Hall–Kier alpha value is -1.10. The van der Waals surface area contributed by atoms with Gasteiger partial charge in [0, 0.05) is 62.7 Å². The minimum Gasteiger partial charge on any atom is -0.353 e. The SMILES string of the molecule is Cn1cccc1CN1CCN(Cc2ccccc2Br)CC1. The summed E-state index contributed by atoms with van der Waals surface area (Å²) in [6, 6.07) is 12.9. The molecule has 2 heterocycles. The van der Waals surface area contributed by atoms with Crippen molar-refractivity contribution in [2.24, 2.45) is 7.05 Å². The van der Waals surface area contributed by atoms with Gasteiger partial charge in [0.05, 0.1) is 0 Å². The van der Waals surface area contributed by atoms with Crippen molar-refractivity contribution in [2.45, 2.75) is 13.1 Å². The molecule has 3 rings (SSSR count). The van der Waals surface area contributed by atoms with Gasteiger partial charge in [-0.05, 0) is 23.8 Å². The quantitative estimate of drug-likeness (QED) is 0.841. The Morgan fingerprint density at radius 2 is 1.57 bits per heavy atom. The largest absolute Gasteiger partial charge is 0.353 e. The lowest BCUT2D eigenvalue weighted by Crippen LogP contribution is -2.45. The van der Waals surface area contributed by atoms with E-state index in [0.29, 0.717) is 0 Å². The van der Waals surface area contributed by atoms with Crippen LogP contribution in [0.5, 0.6) is 0 Å². The number of piperazine rings is 1. The molecule has 0 saturated carbocycles. The highest BCUT2D eigenvalue weighted by Gasteiger charge is 2.18. The van der Waals surface area contributed by atoms with Crippen LogP contribution in [0.3, 0.4) is 0 Å². The maximum atomic E-state index is 3.64. The molecule has 3 nitrogen and oxygen atoms in total. The van der Waals surface area contributed by atoms with Gasteiger partial charge in [-0.1, -0.05) is 34.1 Å². The van der Waals surface area contributed by atoms with Gasteiger partial charge in [0.2, 0.25) is 0 Å². The second kappa shape index (κ2) is 6.77. The van der Waals surface area contributed by atoms with Crippen LogP contribution in [-0.4, -0.2) is 40.5 Å². The summed E-state index contributed by atoms with van der Waals surface area (Å²) in [6.07, 6.45) is 2.12. The molecule has 21 heavy (non-hydrogen) atoms. The third-order valence-corrected chi connectivity index (χ3v) is 5.03. The number of halogens is 1. The summed E-state index contributed by atoms with van der Waals surface area (Å²) < 4.78 is 3.43. The minimum absolute atomic E-state index is 1.04. The highest BCUT2D eigenvalue weighted by atomic mass is 79.9. The summed E-state index contributed by atoms with van der Waals surface area (Å²) in [4.78, 5) is 5.09. The summed E-state index contributed by atoms with van der Waals surface area (Å²) in [5.74, 6) is 0. The number of hydrogen-bond acceptors (Lipinski definition) is 2. The molecule has 1 aromatic carbocycles. The highest BCUT2D eigenvalue weighted by Crippen LogP contribution is 2.19. The van der Waals surface area contributed by atoms with Crippen molar-refractivity contribution in [3.63, 3.8) is 0 Å². The molecule has 4 heteroatoms. The van der Waals surface area contributed by atoms with Gasteiger partial charge in [0.1, 0.15) is 0 Å². The predicted molar refractivity (Wildman–Crippen MR) is 90.1 cm³/mol. The third kappa shape index (κ3) is 3.76. The normalized spacial score (nSPS) is 17.2. The Balaban J connectivity index is 1.51. The van der Waals surface area contributed by atoms with Crippen LogP contribution in [0.25, 0.3) is 0 Å². The Kier molecular flexibility index (Phi) is 4.78. The maximum absolute atomic E-state index is 3.64. The standard InChI is InChI=1S/C17H22BrN3/c1-19-8-4-6-16(19)14-21-11-9-20(10-12-21)13-15-5-2-3-7-17(15)18/h2-8H,9-14H2,1H3. The number of rotatable bonds is 4.